The SMILES string of the molecule is c1ccc(-c2cccc(C3N=C(c4ccc5c(c4)C4(c6ccccc6-c6ccccc64)c4cc6ccccc6c(-c6ccccc6)c4-5)c4oc5ccccc5c4N3)c2)cc1. The van der Waals surface area contributed by atoms with E-state index in [0.29, 0.717) is 0 Å². The summed E-state index contributed by atoms with van der Waals surface area (Å²) in [5.74, 6) is 0.763. The molecular weight excluding hydrogens is 729 g/mol. The lowest BCUT2D eigenvalue weighted by molar-refractivity contribution is 0.599. The highest BCUT2D eigenvalue weighted by molar-refractivity contribution is 6.20. The molecule has 0 amide bonds. The molecule has 280 valence electrons. The Morgan fingerprint density at radius 3 is 1.87 bits per heavy atom. The van der Waals surface area contributed by atoms with Crippen LogP contribution in [0.4, 0.5) is 5.69 Å². The van der Waals surface area contributed by atoms with E-state index in [4.69, 9.17) is 9.41 Å². The molecule has 0 saturated carbocycles. The first-order valence-corrected chi connectivity index (χ1v) is 20.7. The van der Waals surface area contributed by atoms with Crippen LogP contribution in [0.25, 0.3) is 66.2 Å². The van der Waals surface area contributed by atoms with Gasteiger partial charge >= 0.3 is 0 Å². The summed E-state index contributed by atoms with van der Waals surface area (Å²) in [5.41, 5.74) is 19.3. The van der Waals surface area contributed by atoms with E-state index in [-0.39, 0.29) is 6.17 Å². The lowest BCUT2D eigenvalue weighted by atomic mass is 9.69. The molecule has 2 aliphatic carbocycles. The van der Waals surface area contributed by atoms with Crippen molar-refractivity contribution < 1.29 is 4.42 Å². The minimum absolute atomic E-state index is 0.334. The van der Waals surface area contributed by atoms with Crippen molar-refractivity contribution in [3.8, 4) is 44.5 Å². The monoisotopic (exact) mass is 764 g/mol. The molecule has 9 aromatic carbocycles. The number of rotatable bonds is 4. The molecule has 10 aromatic rings. The largest absolute Gasteiger partial charge is 0.452 e. The zero-order valence-electron chi connectivity index (χ0n) is 32.6. The summed E-state index contributed by atoms with van der Waals surface area (Å²) in [5, 5.41) is 7.36. The quantitative estimate of drug-likeness (QED) is 0.194. The summed E-state index contributed by atoms with van der Waals surface area (Å²) in [7, 11) is 0. The number of furan rings is 1. The van der Waals surface area contributed by atoms with E-state index in [0.717, 1.165) is 44.8 Å². The average molecular weight is 765 g/mol. The number of nitrogens with zero attached hydrogens (tertiary/aromatic N) is 1. The summed E-state index contributed by atoms with van der Waals surface area (Å²) < 4.78 is 6.78. The van der Waals surface area contributed by atoms with Gasteiger partial charge in [0.2, 0.25) is 0 Å². The van der Waals surface area contributed by atoms with Crippen LogP contribution in [-0.4, -0.2) is 5.71 Å². The highest BCUT2D eigenvalue weighted by atomic mass is 16.3. The van der Waals surface area contributed by atoms with E-state index >= 15 is 0 Å². The molecule has 2 heterocycles. The number of benzene rings is 9. The summed E-state index contributed by atoms with van der Waals surface area (Å²) in [4.78, 5) is 5.59. The Hall–Kier alpha value is -7.75. The van der Waals surface area contributed by atoms with Gasteiger partial charge in [0.1, 0.15) is 17.5 Å². The van der Waals surface area contributed by atoms with Crippen LogP contribution in [0.5, 0.6) is 0 Å². The average Bonchev–Trinajstić information content (AvgIpc) is 3.95. The number of hydrogen-bond acceptors (Lipinski definition) is 3. The standard InChI is InChI=1S/C57H36N2O/c1-3-16-35(17-4-1)37-21-15-22-40(32-37)56-58-53(55-54(59-56)45-26-11-14-29-50(45)60-55)39-30-31-44-48(34-39)57(46-27-12-9-24-42(46)43-25-10-13-28-47(43)57)49-33-38-20-7-8-23-41(38)51(52(44)49)36-18-5-2-6-19-36/h1-34,56,59H. The second-order valence-electron chi connectivity index (χ2n) is 16.2. The van der Waals surface area contributed by atoms with Crippen LogP contribution >= 0.6 is 0 Å². The fourth-order valence-electron chi connectivity index (χ4n) is 10.6. The van der Waals surface area contributed by atoms with Crippen molar-refractivity contribution in [3.63, 3.8) is 0 Å². The van der Waals surface area contributed by atoms with Gasteiger partial charge in [0, 0.05) is 10.9 Å². The zero-order valence-corrected chi connectivity index (χ0v) is 32.6. The third kappa shape index (κ3) is 4.57. The molecule has 1 aromatic heterocycles. The lowest BCUT2D eigenvalue weighted by Gasteiger charge is -2.31. The van der Waals surface area contributed by atoms with Gasteiger partial charge < -0.3 is 9.73 Å². The van der Waals surface area contributed by atoms with E-state index in [2.05, 4.69) is 206 Å². The molecule has 3 nitrogen and oxygen atoms in total. The molecule has 3 aliphatic rings. The molecule has 13 rings (SSSR count). The van der Waals surface area contributed by atoms with Crippen molar-refractivity contribution in [1.29, 1.82) is 0 Å². The van der Waals surface area contributed by atoms with Crippen LogP contribution in [0.1, 0.15) is 45.3 Å². The molecule has 0 radical (unpaired) electrons. The smallest absolute Gasteiger partial charge is 0.177 e. The van der Waals surface area contributed by atoms with Gasteiger partial charge in [-0.3, -0.25) is 4.99 Å². The number of nitrogens with one attached hydrogen (secondary N) is 1. The van der Waals surface area contributed by atoms with Crippen molar-refractivity contribution >= 4 is 33.1 Å². The summed E-state index contributed by atoms with van der Waals surface area (Å²) in [6, 6.07) is 75.1. The minimum atomic E-state index is -0.560. The number of fused-ring (bicyclic) bond motifs is 14. The van der Waals surface area contributed by atoms with Gasteiger partial charge in [0.25, 0.3) is 0 Å². The maximum absolute atomic E-state index is 6.78. The molecule has 1 unspecified atom stereocenters. The maximum atomic E-state index is 6.78. The van der Waals surface area contributed by atoms with Crippen molar-refractivity contribution in [2.75, 3.05) is 5.32 Å². The first-order valence-electron chi connectivity index (χ1n) is 20.7. The van der Waals surface area contributed by atoms with Gasteiger partial charge in [-0.05, 0) is 113 Å². The van der Waals surface area contributed by atoms with Crippen molar-refractivity contribution in [2.45, 2.75) is 11.6 Å². The lowest BCUT2D eigenvalue weighted by Crippen LogP contribution is -2.26. The molecule has 1 atom stereocenters. The van der Waals surface area contributed by atoms with Crippen molar-refractivity contribution in [2.24, 2.45) is 4.99 Å². The summed E-state index contributed by atoms with van der Waals surface area (Å²) in [6.45, 7) is 0. The van der Waals surface area contributed by atoms with E-state index in [1.807, 2.05) is 6.07 Å². The van der Waals surface area contributed by atoms with Crippen molar-refractivity contribution in [1.82, 2.24) is 0 Å². The van der Waals surface area contributed by atoms with Gasteiger partial charge in [-0.1, -0.05) is 176 Å². The van der Waals surface area contributed by atoms with Crippen molar-refractivity contribution in [3.05, 3.63) is 245 Å². The van der Waals surface area contributed by atoms with E-state index in [9.17, 15) is 0 Å². The Kier molecular flexibility index (Phi) is 6.99. The van der Waals surface area contributed by atoms with Crippen LogP contribution in [0.2, 0.25) is 0 Å². The highest BCUT2D eigenvalue weighted by Crippen LogP contribution is 2.65. The molecular formula is C57H36N2O. The third-order valence-corrected chi connectivity index (χ3v) is 13.1. The minimum Gasteiger partial charge on any atom is -0.452 e. The topological polar surface area (TPSA) is 37.5 Å². The van der Waals surface area contributed by atoms with Crippen LogP contribution < -0.4 is 5.32 Å². The Bertz CT molecular complexity index is 3370. The van der Waals surface area contributed by atoms with Gasteiger partial charge in [-0.25, -0.2) is 0 Å². The number of hydrogen-bond donors (Lipinski definition) is 1. The Balaban J connectivity index is 1.10. The van der Waals surface area contributed by atoms with E-state index < -0.39 is 5.41 Å². The fourth-order valence-corrected chi connectivity index (χ4v) is 10.6. The van der Waals surface area contributed by atoms with Crippen LogP contribution in [-0.2, 0) is 5.41 Å². The first kappa shape index (κ1) is 33.2. The number of anilines is 1. The number of para-hydroxylation sites is 1. The third-order valence-electron chi connectivity index (χ3n) is 13.1. The Morgan fingerprint density at radius 2 is 1.08 bits per heavy atom. The van der Waals surface area contributed by atoms with Gasteiger partial charge in [0.15, 0.2) is 5.76 Å². The first-order chi connectivity index (χ1) is 29.8. The van der Waals surface area contributed by atoms with Crippen LogP contribution in [0, 0.1) is 0 Å². The van der Waals surface area contributed by atoms with E-state index in [1.54, 1.807) is 0 Å². The predicted octanol–water partition coefficient (Wildman–Crippen LogP) is 14.2. The molecule has 1 spiro atoms. The van der Waals surface area contributed by atoms with Gasteiger partial charge in [-0.15, -0.1) is 0 Å². The fraction of sp³-hybridized carbons (Fsp3) is 0.0351. The van der Waals surface area contributed by atoms with E-state index in [1.165, 1.54) is 72.0 Å². The summed E-state index contributed by atoms with van der Waals surface area (Å²) >= 11 is 0. The predicted molar refractivity (Wildman–Crippen MR) is 246 cm³/mol. The van der Waals surface area contributed by atoms with Gasteiger partial charge in [-0.2, -0.15) is 0 Å². The number of aliphatic imine (C=N–C) groups is 1. The Morgan fingerprint density at radius 1 is 0.433 bits per heavy atom. The molecule has 60 heavy (non-hydrogen) atoms. The zero-order chi connectivity index (χ0) is 39.4. The highest BCUT2D eigenvalue weighted by Gasteiger charge is 2.52. The molecule has 0 bridgehead atoms. The molecule has 1 N–H and O–H groups in total. The maximum Gasteiger partial charge on any atom is 0.177 e. The van der Waals surface area contributed by atoms with Crippen LogP contribution in [0.15, 0.2) is 216 Å². The molecule has 1 aliphatic heterocycles. The second-order valence-corrected chi connectivity index (χ2v) is 16.2. The normalized spacial score (nSPS) is 15.2. The summed E-state index contributed by atoms with van der Waals surface area (Å²) in [6.07, 6.45) is -0.334. The molecule has 3 heteroatoms. The Labute approximate surface area is 348 Å². The molecule has 0 saturated heterocycles. The second kappa shape index (κ2) is 12.6. The van der Waals surface area contributed by atoms with Gasteiger partial charge in [0.05, 0.1) is 11.1 Å². The molecule has 0 fully saturated rings. The van der Waals surface area contributed by atoms with Crippen LogP contribution in [0.3, 0.4) is 0 Å².